The van der Waals surface area contributed by atoms with Crippen LogP contribution in [0, 0.1) is 12.8 Å². The maximum atomic E-state index is 12.9. The summed E-state index contributed by atoms with van der Waals surface area (Å²) in [5.41, 5.74) is 2.23. The predicted molar refractivity (Wildman–Crippen MR) is 128 cm³/mol. The van der Waals surface area contributed by atoms with Crippen LogP contribution in [0.4, 0.5) is 5.13 Å². The second-order valence-electron chi connectivity index (χ2n) is 8.47. The molecule has 1 aromatic heterocycles. The van der Waals surface area contributed by atoms with E-state index in [1.807, 2.05) is 51.9 Å². The maximum Gasteiger partial charge on any atom is 0.254 e. The van der Waals surface area contributed by atoms with Crippen molar-refractivity contribution in [2.45, 2.75) is 27.2 Å². The number of aromatic nitrogens is 1. The Labute approximate surface area is 194 Å². The lowest BCUT2D eigenvalue weighted by Gasteiger charge is -2.24. The summed E-state index contributed by atoms with van der Waals surface area (Å²) in [6, 6.07) is 7.32. The van der Waals surface area contributed by atoms with E-state index in [0.29, 0.717) is 29.5 Å². The van der Waals surface area contributed by atoms with Gasteiger partial charge >= 0.3 is 0 Å². The van der Waals surface area contributed by atoms with Crippen LogP contribution in [0.15, 0.2) is 29.6 Å². The Morgan fingerprint density at radius 2 is 1.78 bits per heavy atom. The molecule has 0 aliphatic rings. The summed E-state index contributed by atoms with van der Waals surface area (Å²) in [6.07, 6.45) is 0.158. The average molecular weight is 460 g/mol. The molecular weight excluding hydrogens is 426 g/mol. The summed E-state index contributed by atoms with van der Waals surface area (Å²) in [6.45, 7) is 7.71. The smallest absolute Gasteiger partial charge is 0.254 e. The summed E-state index contributed by atoms with van der Waals surface area (Å²) in [5, 5.41) is 7.76. The lowest BCUT2D eigenvalue weighted by Crippen LogP contribution is -2.40. The van der Waals surface area contributed by atoms with Gasteiger partial charge in [-0.2, -0.15) is 0 Å². The van der Waals surface area contributed by atoms with Gasteiger partial charge in [0.2, 0.25) is 11.8 Å². The molecule has 0 atom stereocenters. The topological polar surface area (TPSA) is 94.6 Å². The van der Waals surface area contributed by atoms with Crippen molar-refractivity contribution < 1.29 is 14.4 Å². The van der Waals surface area contributed by atoms with Crippen LogP contribution in [0.1, 0.15) is 35.5 Å². The third-order valence-corrected chi connectivity index (χ3v) is 5.33. The Morgan fingerprint density at radius 1 is 1.09 bits per heavy atom. The predicted octanol–water partition coefficient (Wildman–Crippen LogP) is 2.41. The van der Waals surface area contributed by atoms with E-state index in [1.165, 1.54) is 11.3 Å². The van der Waals surface area contributed by atoms with Gasteiger partial charge in [-0.1, -0.05) is 31.5 Å². The quantitative estimate of drug-likeness (QED) is 0.538. The van der Waals surface area contributed by atoms with E-state index in [-0.39, 0.29) is 36.6 Å². The van der Waals surface area contributed by atoms with E-state index >= 15 is 0 Å². The number of thiazole rings is 1. The molecule has 32 heavy (non-hydrogen) atoms. The number of carbonyl (C=O) groups is 3. The van der Waals surface area contributed by atoms with Gasteiger partial charge in [-0.25, -0.2) is 4.98 Å². The number of rotatable bonds is 11. The number of nitrogens with one attached hydrogen (secondary N) is 2. The number of likely N-dealkylation sites (N-methyl/N-ethyl adjacent to an activating group) is 1. The molecule has 0 unspecified atom stereocenters. The first-order chi connectivity index (χ1) is 15.1. The van der Waals surface area contributed by atoms with Gasteiger partial charge in [0.25, 0.3) is 5.91 Å². The monoisotopic (exact) mass is 459 g/mol. The van der Waals surface area contributed by atoms with E-state index in [2.05, 4.69) is 15.6 Å². The minimum absolute atomic E-state index is 0.0647. The van der Waals surface area contributed by atoms with Crippen molar-refractivity contribution in [3.63, 3.8) is 0 Å². The number of anilines is 1. The number of nitrogens with zero attached hydrogens (tertiary/aromatic N) is 3. The number of benzene rings is 1. The summed E-state index contributed by atoms with van der Waals surface area (Å²) < 4.78 is 0. The normalized spacial score (nSPS) is 11.0. The molecule has 2 rings (SSSR count). The Bertz CT molecular complexity index is 909. The van der Waals surface area contributed by atoms with Gasteiger partial charge in [0.15, 0.2) is 5.13 Å². The fourth-order valence-corrected chi connectivity index (χ4v) is 3.69. The van der Waals surface area contributed by atoms with Crippen LogP contribution >= 0.6 is 11.3 Å². The number of carbonyl (C=O) groups excluding carboxylic acids is 3. The average Bonchev–Trinajstić information content (AvgIpc) is 3.13. The first kappa shape index (κ1) is 25.5. The summed E-state index contributed by atoms with van der Waals surface area (Å²) in [7, 11) is 3.89. The Kier molecular flexibility index (Phi) is 9.80. The standard InChI is InChI=1S/C23H33N5O3S/c1-16(2)13-28(22(31)18-8-6-17(3)7-9-18)14-21(30)26-23-25-19(15-32-23)12-20(29)24-10-11-27(4)5/h6-9,15-16H,10-14H2,1-5H3,(H,24,29)(H,25,26,30). The van der Waals surface area contributed by atoms with Crippen LogP contribution in [0.25, 0.3) is 0 Å². The molecule has 174 valence electrons. The van der Waals surface area contributed by atoms with E-state index < -0.39 is 0 Å². The van der Waals surface area contributed by atoms with Crippen molar-refractivity contribution in [3.05, 3.63) is 46.5 Å². The highest BCUT2D eigenvalue weighted by Crippen LogP contribution is 2.16. The second kappa shape index (κ2) is 12.3. The second-order valence-corrected chi connectivity index (χ2v) is 9.33. The number of hydrogen-bond donors (Lipinski definition) is 2. The van der Waals surface area contributed by atoms with E-state index in [9.17, 15) is 14.4 Å². The van der Waals surface area contributed by atoms with Crippen molar-refractivity contribution in [3.8, 4) is 0 Å². The number of aryl methyl sites for hydroxylation is 1. The summed E-state index contributed by atoms with van der Waals surface area (Å²) in [5.74, 6) is -0.387. The fourth-order valence-electron chi connectivity index (χ4n) is 2.96. The number of hydrogen-bond acceptors (Lipinski definition) is 6. The molecule has 1 aromatic carbocycles. The van der Waals surface area contributed by atoms with Crippen LogP contribution in [-0.4, -0.2) is 72.8 Å². The Morgan fingerprint density at radius 3 is 2.41 bits per heavy atom. The Balaban J connectivity index is 1.93. The van der Waals surface area contributed by atoms with Crippen LogP contribution in [0.2, 0.25) is 0 Å². The molecule has 9 heteroatoms. The van der Waals surface area contributed by atoms with Gasteiger partial charge in [0.1, 0.15) is 6.54 Å². The van der Waals surface area contributed by atoms with Gasteiger partial charge in [0, 0.05) is 30.6 Å². The highest BCUT2D eigenvalue weighted by atomic mass is 32.1. The van der Waals surface area contributed by atoms with Crippen molar-refractivity contribution in [1.82, 2.24) is 20.1 Å². The van der Waals surface area contributed by atoms with Crippen LogP contribution < -0.4 is 10.6 Å². The minimum atomic E-state index is -0.317. The van der Waals surface area contributed by atoms with E-state index in [0.717, 1.165) is 12.1 Å². The molecule has 0 saturated carbocycles. The summed E-state index contributed by atoms with van der Waals surface area (Å²) in [4.78, 5) is 45.4. The molecule has 0 aliphatic heterocycles. The lowest BCUT2D eigenvalue weighted by molar-refractivity contribution is -0.120. The minimum Gasteiger partial charge on any atom is -0.354 e. The zero-order valence-electron chi connectivity index (χ0n) is 19.5. The van der Waals surface area contributed by atoms with Crippen molar-refractivity contribution in [2.24, 2.45) is 5.92 Å². The zero-order chi connectivity index (χ0) is 23.7. The summed E-state index contributed by atoms with van der Waals surface area (Å²) >= 11 is 1.26. The molecule has 0 fully saturated rings. The molecule has 8 nitrogen and oxygen atoms in total. The van der Waals surface area contributed by atoms with Crippen LogP contribution in [0.3, 0.4) is 0 Å². The molecule has 0 radical (unpaired) electrons. The van der Waals surface area contributed by atoms with Gasteiger partial charge in [0.05, 0.1) is 12.1 Å². The molecule has 0 saturated heterocycles. The molecule has 2 N–H and O–H groups in total. The van der Waals surface area contributed by atoms with Crippen molar-refractivity contribution >= 4 is 34.2 Å². The highest BCUT2D eigenvalue weighted by molar-refractivity contribution is 7.13. The molecule has 0 bridgehead atoms. The van der Waals surface area contributed by atoms with Gasteiger partial charge in [-0.3, -0.25) is 14.4 Å². The SMILES string of the molecule is Cc1ccc(C(=O)N(CC(=O)Nc2nc(CC(=O)NCCN(C)C)cs2)CC(C)C)cc1. The molecule has 0 aliphatic carbocycles. The first-order valence-corrected chi connectivity index (χ1v) is 11.5. The third kappa shape index (κ3) is 8.76. The fraction of sp³-hybridized carbons (Fsp3) is 0.478. The maximum absolute atomic E-state index is 12.9. The zero-order valence-corrected chi connectivity index (χ0v) is 20.3. The van der Waals surface area contributed by atoms with Crippen molar-refractivity contribution in [2.75, 3.05) is 45.6 Å². The third-order valence-electron chi connectivity index (χ3n) is 4.53. The van der Waals surface area contributed by atoms with E-state index in [4.69, 9.17) is 0 Å². The van der Waals surface area contributed by atoms with Gasteiger partial charge in [-0.05, 0) is 39.1 Å². The lowest BCUT2D eigenvalue weighted by atomic mass is 10.1. The van der Waals surface area contributed by atoms with Gasteiger partial charge < -0.3 is 20.4 Å². The molecule has 2 aromatic rings. The largest absolute Gasteiger partial charge is 0.354 e. The molecular formula is C23H33N5O3S. The van der Waals surface area contributed by atoms with Crippen molar-refractivity contribution in [1.29, 1.82) is 0 Å². The number of amides is 3. The first-order valence-electron chi connectivity index (χ1n) is 10.7. The molecule has 1 heterocycles. The van der Waals surface area contributed by atoms with Gasteiger partial charge in [-0.15, -0.1) is 11.3 Å². The Hall–Kier alpha value is -2.78. The van der Waals surface area contributed by atoms with Crippen LogP contribution in [0.5, 0.6) is 0 Å². The van der Waals surface area contributed by atoms with E-state index in [1.54, 1.807) is 22.4 Å². The molecule has 3 amide bonds. The van der Waals surface area contributed by atoms with Crippen LogP contribution in [-0.2, 0) is 16.0 Å². The highest BCUT2D eigenvalue weighted by Gasteiger charge is 2.20. The molecule has 0 spiro atoms.